The summed E-state index contributed by atoms with van der Waals surface area (Å²) < 4.78 is 0. The Morgan fingerprint density at radius 3 is 2.50 bits per heavy atom. The monoisotopic (exact) mass is 270 g/mol. The van der Waals surface area contributed by atoms with Gasteiger partial charge in [-0.05, 0) is 12.1 Å². The molecule has 1 fully saturated rings. The maximum Gasteiger partial charge on any atom is 0.271 e. The molecule has 1 aliphatic heterocycles. The molecule has 6 heteroatoms. The molecule has 2 heterocycles. The maximum atomic E-state index is 11.7. The summed E-state index contributed by atoms with van der Waals surface area (Å²) in [4.78, 5) is 19.7. The SMILES string of the molecule is CN(C)C(=O)c1ccc(N2CCNCC2)cn1.Cl. The Morgan fingerprint density at radius 1 is 1.33 bits per heavy atom. The van der Waals surface area contributed by atoms with Crippen molar-refractivity contribution in [1.29, 1.82) is 0 Å². The van der Waals surface area contributed by atoms with Crippen LogP contribution in [0.3, 0.4) is 0 Å². The van der Waals surface area contributed by atoms with Gasteiger partial charge in [0.2, 0.25) is 0 Å². The first-order chi connectivity index (χ1) is 8.18. The Labute approximate surface area is 114 Å². The highest BCUT2D eigenvalue weighted by Gasteiger charge is 2.13. The predicted molar refractivity (Wildman–Crippen MR) is 74.6 cm³/mol. The van der Waals surface area contributed by atoms with Gasteiger partial charge in [0.15, 0.2) is 0 Å². The molecule has 1 aromatic rings. The van der Waals surface area contributed by atoms with Crippen LogP contribution < -0.4 is 10.2 Å². The Balaban J connectivity index is 0.00000162. The van der Waals surface area contributed by atoms with Crippen LogP contribution in [0.2, 0.25) is 0 Å². The third-order valence-electron chi connectivity index (χ3n) is 2.86. The normalized spacial score (nSPS) is 14.9. The third-order valence-corrected chi connectivity index (χ3v) is 2.86. The lowest BCUT2D eigenvalue weighted by atomic mass is 10.2. The lowest BCUT2D eigenvalue weighted by Crippen LogP contribution is -2.43. The van der Waals surface area contributed by atoms with Gasteiger partial charge in [0, 0.05) is 40.3 Å². The molecule has 1 aliphatic rings. The first-order valence-corrected chi connectivity index (χ1v) is 5.82. The summed E-state index contributed by atoms with van der Waals surface area (Å²) >= 11 is 0. The van der Waals surface area contributed by atoms with E-state index in [1.54, 1.807) is 26.4 Å². The van der Waals surface area contributed by atoms with Gasteiger partial charge in [-0.15, -0.1) is 12.4 Å². The number of halogens is 1. The van der Waals surface area contributed by atoms with E-state index >= 15 is 0 Å². The van der Waals surface area contributed by atoms with E-state index in [1.165, 1.54) is 4.90 Å². The highest BCUT2D eigenvalue weighted by Crippen LogP contribution is 2.13. The number of nitrogens with one attached hydrogen (secondary N) is 1. The number of piperazine rings is 1. The van der Waals surface area contributed by atoms with Crippen molar-refractivity contribution in [3.63, 3.8) is 0 Å². The molecule has 0 atom stereocenters. The second kappa shape index (κ2) is 6.56. The molecule has 0 spiro atoms. The fourth-order valence-corrected chi connectivity index (χ4v) is 1.85. The van der Waals surface area contributed by atoms with E-state index in [4.69, 9.17) is 0 Å². The van der Waals surface area contributed by atoms with Gasteiger partial charge in [0.25, 0.3) is 5.91 Å². The Kier molecular flexibility index (Phi) is 5.37. The van der Waals surface area contributed by atoms with Crippen molar-refractivity contribution >= 4 is 24.0 Å². The summed E-state index contributed by atoms with van der Waals surface area (Å²) in [5, 5.41) is 3.31. The highest BCUT2D eigenvalue weighted by molar-refractivity contribution is 5.92. The van der Waals surface area contributed by atoms with E-state index in [9.17, 15) is 4.79 Å². The molecule has 18 heavy (non-hydrogen) atoms. The topological polar surface area (TPSA) is 48.5 Å². The van der Waals surface area contributed by atoms with Crippen molar-refractivity contribution in [1.82, 2.24) is 15.2 Å². The molecule has 1 N–H and O–H groups in total. The van der Waals surface area contributed by atoms with Gasteiger partial charge >= 0.3 is 0 Å². The molecule has 1 amide bonds. The summed E-state index contributed by atoms with van der Waals surface area (Å²) in [7, 11) is 3.46. The van der Waals surface area contributed by atoms with E-state index in [1.807, 2.05) is 6.07 Å². The zero-order chi connectivity index (χ0) is 12.3. The summed E-state index contributed by atoms with van der Waals surface area (Å²) in [6, 6.07) is 3.76. The fraction of sp³-hybridized carbons (Fsp3) is 0.500. The Morgan fingerprint density at radius 2 is 2.00 bits per heavy atom. The van der Waals surface area contributed by atoms with Crippen LogP contribution >= 0.6 is 12.4 Å². The molecule has 0 aliphatic carbocycles. The van der Waals surface area contributed by atoms with E-state index < -0.39 is 0 Å². The van der Waals surface area contributed by atoms with Crippen molar-refractivity contribution in [3.05, 3.63) is 24.0 Å². The average molecular weight is 271 g/mol. The standard InChI is InChI=1S/C12H18N4O.ClH/c1-15(2)12(17)11-4-3-10(9-14-11)16-7-5-13-6-8-16;/h3-4,9,13H,5-8H2,1-2H3;1H. The van der Waals surface area contributed by atoms with Crippen molar-refractivity contribution in [2.45, 2.75) is 0 Å². The average Bonchev–Trinajstić information content (AvgIpc) is 2.39. The van der Waals surface area contributed by atoms with Crippen LogP contribution in [0, 0.1) is 0 Å². The minimum absolute atomic E-state index is 0. The number of hydrogen-bond acceptors (Lipinski definition) is 4. The second-order valence-corrected chi connectivity index (χ2v) is 4.34. The van der Waals surface area contributed by atoms with E-state index in [0.29, 0.717) is 5.69 Å². The number of rotatable bonds is 2. The molecule has 5 nitrogen and oxygen atoms in total. The van der Waals surface area contributed by atoms with Crippen LogP contribution in [0.4, 0.5) is 5.69 Å². The van der Waals surface area contributed by atoms with Gasteiger partial charge in [-0.25, -0.2) is 4.98 Å². The van der Waals surface area contributed by atoms with E-state index in [2.05, 4.69) is 15.2 Å². The minimum Gasteiger partial charge on any atom is -0.368 e. The number of amides is 1. The van der Waals surface area contributed by atoms with Crippen molar-refractivity contribution in [2.75, 3.05) is 45.2 Å². The van der Waals surface area contributed by atoms with Gasteiger partial charge in [-0.1, -0.05) is 0 Å². The minimum atomic E-state index is -0.0585. The molecule has 1 saturated heterocycles. The first-order valence-electron chi connectivity index (χ1n) is 5.82. The maximum absolute atomic E-state index is 11.7. The van der Waals surface area contributed by atoms with Crippen LogP contribution in [0.25, 0.3) is 0 Å². The first kappa shape index (κ1) is 14.7. The van der Waals surface area contributed by atoms with Gasteiger partial charge in [-0.3, -0.25) is 4.79 Å². The van der Waals surface area contributed by atoms with Gasteiger partial charge in [0.05, 0.1) is 11.9 Å². The zero-order valence-corrected chi connectivity index (χ0v) is 11.5. The lowest BCUT2D eigenvalue weighted by Gasteiger charge is -2.29. The largest absolute Gasteiger partial charge is 0.368 e. The third kappa shape index (κ3) is 3.34. The lowest BCUT2D eigenvalue weighted by molar-refractivity contribution is 0.0822. The summed E-state index contributed by atoms with van der Waals surface area (Å²) in [5.74, 6) is -0.0585. The van der Waals surface area contributed by atoms with Gasteiger partial charge in [-0.2, -0.15) is 0 Å². The van der Waals surface area contributed by atoms with Crippen LogP contribution in [0.1, 0.15) is 10.5 Å². The van der Waals surface area contributed by atoms with Crippen LogP contribution in [0.5, 0.6) is 0 Å². The zero-order valence-electron chi connectivity index (χ0n) is 10.7. The van der Waals surface area contributed by atoms with Crippen molar-refractivity contribution < 1.29 is 4.79 Å². The van der Waals surface area contributed by atoms with Crippen LogP contribution in [-0.4, -0.2) is 56.1 Å². The molecule has 100 valence electrons. The molecular formula is C12H19ClN4O. The molecule has 0 bridgehead atoms. The van der Waals surface area contributed by atoms with Gasteiger partial charge < -0.3 is 15.1 Å². The number of nitrogens with zero attached hydrogens (tertiary/aromatic N) is 3. The molecule has 0 aromatic carbocycles. The van der Waals surface area contributed by atoms with Gasteiger partial charge in [0.1, 0.15) is 5.69 Å². The summed E-state index contributed by atoms with van der Waals surface area (Å²) in [6.45, 7) is 3.97. The summed E-state index contributed by atoms with van der Waals surface area (Å²) in [6.07, 6.45) is 1.78. The smallest absolute Gasteiger partial charge is 0.271 e. The Hall–Kier alpha value is -1.33. The molecule has 2 rings (SSSR count). The van der Waals surface area contributed by atoms with E-state index in [-0.39, 0.29) is 18.3 Å². The van der Waals surface area contributed by atoms with E-state index in [0.717, 1.165) is 31.9 Å². The Bertz CT molecular complexity index is 388. The number of aromatic nitrogens is 1. The number of pyridine rings is 1. The number of anilines is 1. The highest BCUT2D eigenvalue weighted by atomic mass is 35.5. The number of hydrogen-bond donors (Lipinski definition) is 1. The van der Waals surface area contributed by atoms with Crippen LogP contribution in [0.15, 0.2) is 18.3 Å². The van der Waals surface area contributed by atoms with Crippen molar-refractivity contribution in [2.24, 2.45) is 0 Å². The van der Waals surface area contributed by atoms with Crippen molar-refractivity contribution in [3.8, 4) is 0 Å². The quantitative estimate of drug-likeness (QED) is 0.856. The predicted octanol–water partition coefficient (Wildman–Crippen LogP) is 0.615. The van der Waals surface area contributed by atoms with Crippen LogP contribution in [-0.2, 0) is 0 Å². The molecular weight excluding hydrogens is 252 g/mol. The molecule has 1 aromatic heterocycles. The number of carbonyl (C=O) groups is 1. The molecule has 0 radical (unpaired) electrons. The number of carbonyl (C=O) groups excluding carboxylic acids is 1. The second-order valence-electron chi connectivity index (χ2n) is 4.34. The fourth-order valence-electron chi connectivity index (χ4n) is 1.85. The summed E-state index contributed by atoms with van der Waals surface area (Å²) in [5.41, 5.74) is 1.58. The molecule has 0 unspecified atom stereocenters. The molecule has 0 saturated carbocycles.